The molecule has 0 amide bonds. The van der Waals surface area contributed by atoms with Gasteiger partial charge in [-0.3, -0.25) is 0 Å². The molecular formula is C16H13Br2Cl. The fourth-order valence-corrected chi connectivity index (χ4v) is 4.04. The number of rotatable bonds is 2. The van der Waals surface area contributed by atoms with E-state index >= 15 is 0 Å². The third-order valence-electron chi connectivity index (χ3n) is 3.65. The second kappa shape index (κ2) is 5.59. The second-order valence-corrected chi connectivity index (χ2v) is 7.15. The molecule has 0 heterocycles. The topological polar surface area (TPSA) is 0 Å². The molecule has 0 saturated heterocycles. The summed E-state index contributed by atoms with van der Waals surface area (Å²) in [6.07, 6.45) is 3.71. The molecule has 0 aliphatic heterocycles. The zero-order valence-corrected chi connectivity index (χ0v) is 14.2. The SMILES string of the molecule is Clc1ccc(Br)cc1C(Br)c1ccc2c(c1)CCC2. The molecule has 2 aromatic carbocycles. The van der Waals surface area contributed by atoms with Crippen LogP contribution in [0.1, 0.15) is 33.5 Å². The molecule has 1 aliphatic carbocycles. The van der Waals surface area contributed by atoms with E-state index in [0.717, 1.165) is 15.1 Å². The van der Waals surface area contributed by atoms with Gasteiger partial charge < -0.3 is 0 Å². The number of benzene rings is 2. The first-order chi connectivity index (χ1) is 9.15. The number of hydrogen-bond donors (Lipinski definition) is 0. The van der Waals surface area contributed by atoms with Crippen LogP contribution in [-0.4, -0.2) is 0 Å². The summed E-state index contributed by atoms with van der Waals surface area (Å²) in [4.78, 5) is 0.142. The van der Waals surface area contributed by atoms with Crippen LogP contribution in [0.4, 0.5) is 0 Å². The van der Waals surface area contributed by atoms with Crippen LogP contribution in [0.2, 0.25) is 5.02 Å². The minimum atomic E-state index is 0.142. The molecule has 0 saturated carbocycles. The molecule has 0 N–H and O–H groups in total. The highest BCUT2D eigenvalue weighted by Crippen LogP contribution is 2.38. The fourth-order valence-electron chi connectivity index (χ4n) is 2.64. The molecule has 0 radical (unpaired) electrons. The van der Waals surface area contributed by atoms with Crippen LogP contribution in [-0.2, 0) is 12.8 Å². The molecule has 0 spiro atoms. The Kier molecular flexibility index (Phi) is 4.02. The van der Waals surface area contributed by atoms with Gasteiger partial charge in [-0.25, -0.2) is 0 Å². The van der Waals surface area contributed by atoms with Gasteiger partial charge in [0.25, 0.3) is 0 Å². The lowest BCUT2D eigenvalue weighted by atomic mass is 10.0. The Morgan fingerprint density at radius 1 is 1.00 bits per heavy atom. The predicted molar refractivity (Wildman–Crippen MR) is 88.4 cm³/mol. The van der Waals surface area contributed by atoms with Crippen LogP contribution < -0.4 is 0 Å². The van der Waals surface area contributed by atoms with Crippen molar-refractivity contribution in [2.75, 3.05) is 0 Å². The van der Waals surface area contributed by atoms with Gasteiger partial charge in [0.15, 0.2) is 0 Å². The van der Waals surface area contributed by atoms with E-state index in [1.165, 1.54) is 36.0 Å². The minimum absolute atomic E-state index is 0.142. The van der Waals surface area contributed by atoms with E-state index in [4.69, 9.17) is 11.6 Å². The summed E-state index contributed by atoms with van der Waals surface area (Å²) in [5, 5.41) is 0.797. The number of aryl methyl sites for hydroxylation is 2. The number of hydrogen-bond acceptors (Lipinski definition) is 0. The maximum absolute atomic E-state index is 6.31. The number of alkyl halides is 1. The van der Waals surface area contributed by atoms with Gasteiger partial charge in [-0.1, -0.05) is 61.7 Å². The van der Waals surface area contributed by atoms with E-state index in [9.17, 15) is 0 Å². The second-order valence-electron chi connectivity index (χ2n) is 4.91. The Labute approximate surface area is 135 Å². The van der Waals surface area contributed by atoms with Gasteiger partial charge in [-0.15, -0.1) is 0 Å². The van der Waals surface area contributed by atoms with Crippen molar-refractivity contribution in [2.24, 2.45) is 0 Å². The molecule has 98 valence electrons. The summed E-state index contributed by atoms with van der Waals surface area (Å²) in [6.45, 7) is 0. The average Bonchev–Trinajstić information content (AvgIpc) is 2.88. The quantitative estimate of drug-likeness (QED) is 0.536. The van der Waals surface area contributed by atoms with Crippen molar-refractivity contribution in [3.05, 3.63) is 68.1 Å². The smallest absolute Gasteiger partial charge is 0.0659 e. The molecule has 1 aliphatic rings. The Balaban J connectivity index is 1.99. The normalized spacial score (nSPS) is 15.3. The first-order valence-electron chi connectivity index (χ1n) is 6.36. The van der Waals surface area contributed by atoms with Crippen LogP contribution in [0, 0.1) is 0 Å². The van der Waals surface area contributed by atoms with Crippen molar-refractivity contribution >= 4 is 43.5 Å². The summed E-state index contributed by atoms with van der Waals surface area (Å²) < 4.78 is 1.05. The number of halogens is 3. The molecule has 1 atom stereocenters. The summed E-state index contributed by atoms with van der Waals surface area (Å²) in [5.74, 6) is 0. The molecule has 0 bridgehead atoms. The summed E-state index contributed by atoms with van der Waals surface area (Å²) >= 11 is 13.6. The van der Waals surface area contributed by atoms with Crippen molar-refractivity contribution < 1.29 is 0 Å². The Morgan fingerprint density at radius 3 is 2.63 bits per heavy atom. The molecule has 0 aromatic heterocycles. The van der Waals surface area contributed by atoms with Crippen molar-refractivity contribution in [3.63, 3.8) is 0 Å². The third-order valence-corrected chi connectivity index (χ3v) is 5.51. The Morgan fingerprint density at radius 2 is 1.79 bits per heavy atom. The van der Waals surface area contributed by atoms with Crippen molar-refractivity contribution in [1.82, 2.24) is 0 Å². The van der Waals surface area contributed by atoms with Crippen LogP contribution >= 0.6 is 43.5 Å². The zero-order chi connectivity index (χ0) is 13.4. The van der Waals surface area contributed by atoms with Gasteiger partial charge in [0.1, 0.15) is 0 Å². The van der Waals surface area contributed by atoms with Gasteiger partial charge in [-0.05, 0) is 59.7 Å². The van der Waals surface area contributed by atoms with Gasteiger partial charge in [-0.2, -0.15) is 0 Å². The summed E-state index contributed by atoms with van der Waals surface area (Å²) in [6, 6.07) is 12.8. The van der Waals surface area contributed by atoms with E-state index in [1.807, 2.05) is 12.1 Å². The lowest BCUT2D eigenvalue weighted by molar-refractivity contribution is 0.911. The highest BCUT2D eigenvalue weighted by Gasteiger charge is 2.17. The van der Waals surface area contributed by atoms with E-state index in [1.54, 1.807) is 0 Å². The molecule has 3 rings (SSSR count). The van der Waals surface area contributed by atoms with Gasteiger partial charge in [0.2, 0.25) is 0 Å². The van der Waals surface area contributed by atoms with Gasteiger partial charge in [0.05, 0.1) is 4.83 Å². The average molecular weight is 401 g/mol. The minimum Gasteiger partial charge on any atom is -0.0840 e. The van der Waals surface area contributed by atoms with Gasteiger partial charge in [0, 0.05) is 9.50 Å². The molecular weight excluding hydrogens is 387 g/mol. The maximum atomic E-state index is 6.31. The van der Waals surface area contributed by atoms with Crippen LogP contribution in [0.3, 0.4) is 0 Å². The largest absolute Gasteiger partial charge is 0.0840 e. The molecule has 0 nitrogen and oxygen atoms in total. The highest BCUT2D eigenvalue weighted by atomic mass is 79.9. The standard InChI is InChI=1S/C16H13Br2Cl/c17-13-6-7-15(19)14(9-13)16(18)12-5-4-10-2-1-3-11(10)8-12/h4-9,16H,1-3H2. The summed E-state index contributed by atoms with van der Waals surface area (Å²) in [5.41, 5.74) is 5.38. The Hall–Kier alpha value is -0.310. The van der Waals surface area contributed by atoms with E-state index in [-0.39, 0.29) is 4.83 Å². The Bertz CT molecular complexity index is 622. The van der Waals surface area contributed by atoms with Crippen molar-refractivity contribution in [3.8, 4) is 0 Å². The maximum Gasteiger partial charge on any atom is 0.0659 e. The summed E-state index contributed by atoms with van der Waals surface area (Å²) in [7, 11) is 0. The molecule has 2 aromatic rings. The van der Waals surface area contributed by atoms with E-state index in [2.05, 4.69) is 56.1 Å². The number of fused-ring (bicyclic) bond motifs is 1. The van der Waals surface area contributed by atoms with Crippen LogP contribution in [0.25, 0.3) is 0 Å². The van der Waals surface area contributed by atoms with Crippen molar-refractivity contribution in [2.45, 2.75) is 24.1 Å². The van der Waals surface area contributed by atoms with Crippen LogP contribution in [0.15, 0.2) is 40.9 Å². The molecule has 1 unspecified atom stereocenters. The zero-order valence-electron chi connectivity index (χ0n) is 10.3. The highest BCUT2D eigenvalue weighted by molar-refractivity contribution is 9.10. The third kappa shape index (κ3) is 2.76. The van der Waals surface area contributed by atoms with E-state index < -0.39 is 0 Å². The van der Waals surface area contributed by atoms with E-state index in [0.29, 0.717) is 0 Å². The van der Waals surface area contributed by atoms with Crippen LogP contribution in [0.5, 0.6) is 0 Å². The predicted octanol–water partition coefficient (Wildman–Crippen LogP) is 6.08. The molecule has 19 heavy (non-hydrogen) atoms. The molecule has 0 fully saturated rings. The van der Waals surface area contributed by atoms with Crippen molar-refractivity contribution in [1.29, 1.82) is 0 Å². The lowest BCUT2D eigenvalue weighted by Crippen LogP contribution is -1.96. The monoisotopic (exact) mass is 398 g/mol. The fraction of sp³-hybridized carbons (Fsp3) is 0.250. The van der Waals surface area contributed by atoms with Gasteiger partial charge >= 0.3 is 0 Å². The molecule has 3 heteroatoms. The lowest BCUT2D eigenvalue weighted by Gasteiger charge is -2.14. The first kappa shape index (κ1) is 13.7. The first-order valence-corrected chi connectivity index (χ1v) is 8.44.